The summed E-state index contributed by atoms with van der Waals surface area (Å²) in [6.07, 6.45) is 5.96. The highest BCUT2D eigenvalue weighted by molar-refractivity contribution is 5.36. The minimum atomic E-state index is -0.190. The maximum Gasteiger partial charge on any atom is 0.133 e. The molecule has 0 N–H and O–H groups in total. The monoisotopic (exact) mass is 150 g/mol. The van der Waals surface area contributed by atoms with Gasteiger partial charge in [-0.2, -0.15) is 0 Å². The molecule has 0 atom stereocenters. The predicted octanol–water partition coefficient (Wildman–Crippen LogP) is 3.29. The van der Waals surface area contributed by atoms with Crippen LogP contribution in [0.1, 0.15) is 20.3 Å². The van der Waals surface area contributed by atoms with Crippen LogP contribution in [0.4, 0.5) is 4.39 Å². The van der Waals surface area contributed by atoms with Crippen molar-refractivity contribution < 1.29 is 4.39 Å². The van der Waals surface area contributed by atoms with Gasteiger partial charge in [0.2, 0.25) is 0 Å². The standard InChI is InChI=1S/C10H11F/c1-3-9-5-4-6-10(11)8(2)7-9/h5-7H,3H2,1-2H3. The van der Waals surface area contributed by atoms with Gasteiger partial charge in [-0.1, -0.05) is 13.0 Å². The van der Waals surface area contributed by atoms with Crippen LogP contribution in [-0.2, 0) is 0 Å². The van der Waals surface area contributed by atoms with Gasteiger partial charge in [-0.05, 0) is 30.6 Å². The molecule has 1 aliphatic rings. The molecule has 11 heavy (non-hydrogen) atoms. The molecular formula is C10H11F. The third-order valence-corrected chi connectivity index (χ3v) is 1.67. The van der Waals surface area contributed by atoms with Crippen molar-refractivity contribution in [3.8, 4) is 0 Å². The normalized spacial score (nSPS) is 16.8. The summed E-state index contributed by atoms with van der Waals surface area (Å²) in [6, 6.07) is 0. The van der Waals surface area contributed by atoms with E-state index in [1.807, 2.05) is 19.1 Å². The van der Waals surface area contributed by atoms with Crippen LogP contribution in [0.15, 0.2) is 40.9 Å². The van der Waals surface area contributed by atoms with Gasteiger partial charge in [-0.25, -0.2) is 4.39 Å². The Morgan fingerprint density at radius 2 is 2.18 bits per heavy atom. The Hall–Kier alpha value is -1.07. The Morgan fingerprint density at radius 1 is 1.45 bits per heavy atom. The van der Waals surface area contributed by atoms with Crippen LogP contribution in [0.2, 0.25) is 0 Å². The van der Waals surface area contributed by atoms with Crippen molar-refractivity contribution in [1.29, 1.82) is 0 Å². The molecule has 0 nitrogen and oxygen atoms in total. The lowest BCUT2D eigenvalue weighted by Crippen LogP contribution is -1.76. The molecule has 0 saturated carbocycles. The summed E-state index contributed by atoms with van der Waals surface area (Å²) in [5.74, 6) is -0.190. The summed E-state index contributed by atoms with van der Waals surface area (Å²) >= 11 is 0. The molecule has 0 radical (unpaired) electrons. The highest BCUT2D eigenvalue weighted by Crippen LogP contribution is 2.15. The van der Waals surface area contributed by atoms with E-state index in [1.54, 1.807) is 6.92 Å². The van der Waals surface area contributed by atoms with E-state index >= 15 is 0 Å². The van der Waals surface area contributed by atoms with Gasteiger partial charge < -0.3 is 0 Å². The van der Waals surface area contributed by atoms with Gasteiger partial charge in [0.15, 0.2) is 0 Å². The number of allylic oxidation sites excluding steroid dienone is 5. The summed E-state index contributed by atoms with van der Waals surface area (Å²) < 4.78 is 12.8. The van der Waals surface area contributed by atoms with E-state index in [2.05, 4.69) is 5.73 Å². The molecule has 0 saturated heterocycles. The van der Waals surface area contributed by atoms with Gasteiger partial charge in [-0.3, -0.25) is 0 Å². The second-order valence-corrected chi connectivity index (χ2v) is 2.56. The van der Waals surface area contributed by atoms with Crippen molar-refractivity contribution in [2.24, 2.45) is 0 Å². The fraction of sp³-hybridized carbons (Fsp3) is 0.300. The SMILES string of the molecule is CCC1=CC(C)=C(F)C=C=C1. The first-order chi connectivity index (χ1) is 5.24. The van der Waals surface area contributed by atoms with Crippen molar-refractivity contribution in [2.45, 2.75) is 20.3 Å². The van der Waals surface area contributed by atoms with E-state index in [4.69, 9.17) is 0 Å². The molecule has 0 unspecified atom stereocenters. The largest absolute Gasteiger partial charge is 0.206 e. The van der Waals surface area contributed by atoms with Crippen LogP contribution in [-0.4, -0.2) is 0 Å². The number of halogens is 1. The summed E-state index contributed by atoms with van der Waals surface area (Å²) in [6.45, 7) is 3.81. The first-order valence-corrected chi connectivity index (χ1v) is 3.73. The number of hydrogen-bond acceptors (Lipinski definition) is 0. The van der Waals surface area contributed by atoms with Crippen LogP contribution >= 0.6 is 0 Å². The van der Waals surface area contributed by atoms with Crippen molar-refractivity contribution >= 4 is 0 Å². The minimum Gasteiger partial charge on any atom is -0.206 e. The molecule has 1 aliphatic carbocycles. The average molecular weight is 150 g/mol. The number of rotatable bonds is 1. The van der Waals surface area contributed by atoms with E-state index in [0.29, 0.717) is 5.57 Å². The molecule has 0 spiro atoms. The Morgan fingerprint density at radius 3 is 2.82 bits per heavy atom. The predicted molar refractivity (Wildman–Crippen MR) is 44.8 cm³/mol. The summed E-state index contributed by atoms with van der Waals surface area (Å²) in [4.78, 5) is 0. The van der Waals surface area contributed by atoms with E-state index < -0.39 is 0 Å². The van der Waals surface area contributed by atoms with Crippen LogP contribution in [0, 0.1) is 0 Å². The Balaban J connectivity index is 3.06. The lowest BCUT2D eigenvalue weighted by molar-refractivity contribution is 0.658. The van der Waals surface area contributed by atoms with Crippen LogP contribution in [0.3, 0.4) is 0 Å². The van der Waals surface area contributed by atoms with E-state index in [0.717, 1.165) is 12.0 Å². The molecule has 0 bridgehead atoms. The zero-order chi connectivity index (χ0) is 8.27. The molecular weight excluding hydrogens is 139 g/mol. The Kier molecular flexibility index (Phi) is 2.45. The molecule has 0 aliphatic heterocycles. The molecule has 0 fully saturated rings. The van der Waals surface area contributed by atoms with Crippen LogP contribution < -0.4 is 0 Å². The van der Waals surface area contributed by atoms with Gasteiger partial charge in [0, 0.05) is 6.08 Å². The van der Waals surface area contributed by atoms with Gasteiger partial charge in [0.1, 0.15) is 5.83 Å². The van der Waals surface area contributed by atoms with Crippen molar-refractivity contribution in [3.63, 3.8) is 0 Å². The van der Waals surface area contributed by atoms with E-state index in [9.17, 15) is 4.39 Å². The average Bonchev–Trinajstić information content (AvgIpc) is 2.15. The second kappa shape index (κ2) is 3.36. The Labute approximate surface area is 66.4 Å². The van der Waals surface area contributed by atoms with Crippen molar-refractivity contribution in [1.82, 2.24) is 0 Å². The smallest absolute Gasteiger partial charge is 0.133 e. The molecule has 1 heteroatoms. The summed E-state index contributed by atoms with van der Waals surface area (Å²) in [7, 11) is 0. The third-order valence-electron chi connectivity index (χ3n) is 1.67. The molecule has 1 rings (SSSR count). The molecule has 0 aromatic rings. The fourth-order valence-corrected chi connectivity index (χ4v) is 0.929. The Bertz CT molecular complexity index is 273. The number of hydrogen-bond donors (Lipinski definition) is 0. The molecule has 0 heterocycles. The third kappa shape index (κ3) is 1.92. The lowest BCUT2D eigenvalue weighted by Gasteiger charge is -1.94. The molecule has 0 aromatic heterocycles. The fourth-order valence-electron chi connectivity index (χ4n) is 0.929. The van der Waals surface area contributed by atoms with E-state index in [1.165, 1.54) is 6.08 Å². The van der Waals surface area contributed by atoms with Gasteiger partial charge in [-0.15, -0.1) is 5.73 Å². The molecule has 0 aromatic carbocycles. The highest BCUT2D eigenvalue weighted by Gasteiger charge is 1.98. The first-order valence-electron chi connectivity index (χ1n) is 3.73. The van der Waals surface area contributed by atoms with Gasteiger partial charge in [0.25, 0.3) is 0 Å². The maximum atomic E-state index is 12.8. The summed E-state index contributed by atoms with van der Waals surface area (Å²) in [5, 5.41) is 0. The molecule has 0 amide bonds. The zero-order valence-corrected chi connectivity index (χ0v) is 6.82. The first kappa shape index (κ1) is 8.03. The quantitative estimate of drug-likeness (QED) is 0.503. The van der Waals surface area contributed by atoms with Crippen LogP contribution in [0.5, 0.6) is 0 Å². The van der Waals surface area contributed by atoms with Gasteiger partial charge in [0.05, 0.1) is 0 Å². The van der Waals surface area contributed by atoms with E-state index in [-0.39, 0.29) is 5.83 Å². The maximum absolute atomic E-state index is 12.8. The lowest BCUT2D eigenvalue weighted by atomic mass is 10.1. The summed E-state index contributed by atoms with van der Waals surface area (Å²) in [5.41, 5.74) is 4.58. The second-order valence-electron chi connectivity index (χ2n) is 2.56. The minimum absolute atomic E-state index is 0.190. The van der Waals surface area contributed by atoms with Gasteiger partial charge >= 0.3 is 0 Å². The zero-order valence-electron chi connectivity index (χ0n) is 6.82. The van der Waals surface area contributed by atoms with Crippen LogP contribution in [0.25, 0.3) is 0 Å². The topological polar surface area (TPSA) is 0 Å². The highest BCUT2D eigenvalue weighted by atomic mass is 19.1. The van der Waals surface area contributed by atoms with Crippen molar-refractivity contribution in [3.05, 3.63) is 40.9 Å². The molecule has 58 valence electrons. The van der Waals surface area contributed by atoms with Crippen molar-refractivity contribution in [2.75, 3.05) is 0 Å².